The van der Waals surface area contributed by atoms with Gasteiger partial charge in [0.1, 0.15) is 0 Å². The zero-order valence-electron chi connectivity index (χ0n) is 36.5. The Bertz CT molecular complexity index is 950. The highest BCUT2D eigenvalue weighted by Crippen LogP contribution is 2.43. The molecule has 0 heterocycles. The minimum Gasteiger partial charge on any atom is -0.393 e. The summed E-state index contributed by atoms with van der Waals surface area (Å²) in [4.78, 5) is 22.8. The lowest BCUT2D eigenvalue weighted by molar-refractivity contribution is -0.124. The number of rotatable bonds is 44. The summed E-state index contributed by atoms with van der Waals surface area (Å²) in [6.45, 7) is 3.98. The molecule has 0 saturated heterocycles. The molecule has 0 fully saturated rings. The van der Waals surface area contributed by atoms with Gasteiger partial charge in [-0.25, -0.2) is 4.57 Å². The van der Waals surface area contributed by atoms with Crippen LogP contribution in [0.2, 0.25) is 0 Å². The van der Waals surface area contributed by atoms with Crippen molar-refractivity contribution in [1.29, 1.82) is 0 Å². The number of hydrogen-bond donors (Lipinski definition) is 5. The van der Waals surface area contributed by atoms with Gasteiger partial charge in [-0.1, -0.05) is 199 Å². The van der Waals surface area contributed by atoms with Crippen LogP contribution >= 0.6 is 7.82 Å². The summed E-state index contributed by atoms with van der Waals surface area (Å²) < 4.78 is 22.1. The van der Waals surface area contributed by atoms with Gasteiger partial charge in [0.05, 0.1) is 37.9 Å². The molecule has 0 spiro atoms. The van der Waals surface area contributed by atoms with Crippen molar-refractivity contribution in [3.63, 3.8) is 0 Å². The molecule has 10 heteroatoms. The van der Waals surface area contributed by atoms with E-state index in [1.54, 1.807) is 6.08 Å². The molecule has 0 rings (SSSR count). The van der Waals surface area contributed by atoms with E-state index in [1.807, 2.05) is 6.08 Å². The van der Waals surface area contributed by atoms with Gasteiger partial charge in [0.15, 0.2) is 0 Å². The number of nitrogens with two attached hydrogens (primary N) is 1. The first-order chi connectivity index (χ1) is 27.3. The van der Waals surface area contributed by atoms with Crippen LogP contribution in [0.5, 0.6) is 0 Å². The lowest BCUT2D eigenvalue weighted by atomic mass is 10.0. The van der Waals surface area contributed by atoms with E-state index < -0.39 is 38.6 Å². The monoisotopic (exact) mass is 815 g/mol. The van der Waals surface area contributed by atoms with Crippen molar-refractivity contribution < 1.29 is 33.5 Å². The van der Waals surface area contributed by atoms with E-state index in [0.29, 0.717) is 6.42 Å². The number of unbranched alkanes of at least 4 members (excludes halogenated alkanes) is 28. The third-order valence-electron chi connectivity index (χ3n) is 10.6. The Hall–Kier alpha value is -1.06. The van der Waals surface area contributed by atoms with Crippen LogP contribution in [-0.4, -0.2) is 59.0 Å². The van der Waals surface area contributed by atoms with E-state index in [4.69, 9.17) is 14.8 Å². The van der Waals surface area contributed by atoms with Gasteiger partial charge in [-0.2, -0.15) is 0 Å². The van der Waals surface area contributed by atoms with Crippen LogP contribution in [0.15, 0.2) is 24.3 Å². The molecule has 332 valence electrons. The van der Waals surface area contributed by atoms with E-state index in [-0.39, 0.29) is 19.6 Å². The number of aliphatic hydroxyl groups is 2. The number of carbonyl (C=O) groups is 1. The molecule has 0 aliphatic rings. The number of aliphatic hydroxyl groups excluding tert-OH is 2. The maximum absolute atomic E-state index is 12.8. The van der Waals surface area contributed by atoms with Crippen molar-refractivity contribution in [3.8, 4) is 0 Å². The van der Waals surface area contributed by atoms with Gasteiger partial charge in [-0.15, -0.1) is 0 Å². The Balaban J connectivity index is 4.20. The Morgan fingerprint density at radius 1 is 0.607 bits per heavy atom. The first-order valence-corrected chi connectivity index (χ1v) is 25.0. The smallest absolute Gasteiger partial charge is 0.393 e. The largest absolute Gasteiger partial charge is 0.472 e. The van der Waals surface area contributed by atoms with Crippen LogP contribution < -0.4 is 11.1 Å². The average Bonchev–Trinajstić information content (AvgIpc) is 3.17. The van der Waals surface area contributed by atoms with Gasteiger partial charge in [0.2, 0.25) is 5.91 Å². The quantitative estimate of drug-likeness (QED) is 0.0232. The third kappa shape index (κ3) is 39.8. The average molecular weight is 815 g/mol. The maximum atomic E-state index is 12.8. The highest BCUT2D eigenvalue weighted by molar-refractivity contribution is 7.47. The summed E-state index contributed by atoms with van der Waals surface area (Å²) in [6.07, 6.45) is 45.5. The predicted molar refractivity (Wildman–Crippen MR) is 237 cm³/mol. The minimum absolute atomic E-state index is 0.0489. The predicted octanol–water partition coefficient (Wildman–Crippen LogP) is 12.3. The minimum atomic E-state index is -4.40. The molecular formula is C46H91N2O7P. The SMILES string of the molecule is CCCCCCCCCCCCC/C=C/C(O)C(COP(=O)(O)OCCN)NC(=O)CC(O)CCCCCCC/C=C\CCCCCCCCCCCCCC. The molecule has 0 bridgehead atoms. The molecule has 6 N–H and O–H groups in total. The summed E-state index contributed by atoms with van der Waals surface area (Å²) in [5, 5.41) is 24.1. The fourth-order valence-electron chi connectivity index (χ4n) is 6.99. The van der Waals surface area contributed by atoms with Crippen LogP contribution in [-0.2, 0) is 18.4 Å². The molecule has 56 heavy (non-hydrogen) atoms. The van der Waals surface area contributed by atoms with E-state index in [9.17, 15) is 24.5 Å². The highest BCUT2D eigenvalue weighted by atomic mass is 31.2. The first kappa shape index (κ1) is 54.9. The van der Waals surface area contributed by atoms with Gasteiger partial charge >= 0.3 is 7.82 Å². The summed E-state index contributed by atoms with van der Waals surface area (Å²) in [6, 6.07) is -0.983. The summed E-state index contributed by atoms with van der Waals surface area (Å²) >= 11 is 0. The second-order valence-electron chi connectivity index (χ2n) is 16.2. The molecule has 0 aromatic heterocycles. The van der Waals surface area contributed by atoms with E-state index in [0.717, 1.165) is 51.4 Å². The van der Waals surface area contributed by atoms with Gasteiger partial charge in [0, 0.05) is 6.54 Å². The zero-order chi connectivity index (χ0) is 41.2. The fraction of sp³-hybridized carbons (Fsp3) is 0.891. The van der Waals surface area contributed by atoms with E-state index in [1.165, 1.54) is 148 Å². The molecule has 1 amide bonds. The molecular weight excluding hydrogens is 723 g/mol. The Kier molecular flexibility index (Phi) is 41.3. The van der Waals surface area contributed by atoms with Gasteiger partial charge in [0.25, 0.3) is 0 Å². The number of phosphoric acid groups is 1. The molecule has 4 unspecified atom stereocenters. The Morgan fingerprint density at radius 3 is 1.43 bits per heavy atom. The van der Waals surface area contributed by atoms with Crippen molar-refractivity contribution in [2.24, 2.45) is 5.73 Å². The van der Waals surface area contributed by atoms with E-state index in [2.05, 4.69) is 31.3 Å². The van der Waals surface area contributed by atoms with Crippen LogP contribution in [0.4, 0.5) is 0 Å². The number of hydrogen-bond acceptors (Lipinski definition) is 7. The Morgan fingerprint density at radius 2 is 1.00 bits per heavy atom. The van der Waals surface area contributed by atoms with E-state index >= 15 is 0 Å². The van der Waals surface area contributed by atoms with Crippen molar-refractivity contribution in [3.05, 3.63) is 24.3 Å². The number of allylic oxidation sites excluding steroid dienone is 3. The number of amides is 1. The second kappa shape index (κ2) is 42.1. The molecule has 0 radical (unpaired) electrons. The zero-order valence-corrected chi connectivity index (χ0v) is 37.4. The first-order valence-electron chi connectivity index (χ1n) is 23.5. The topological polar surface area (TPSA) is 151 Å². The molecule has 0 aromatic rings. The number of nitrogens with one attached hydrogen (secondary N) is 1. The fourth-order valence-corrected chi connectivity index (χ4v) is 7.75. The van der Waals surface area contributed by atoms with Crippen molar-refractivity contribution in [1.82, 2.24) is 5.32 Å². The molecule has 0 saturated carbocycles. The van der Waals surface area contributed by atoms with Crippen molar-refractivity contribution in [2.75, 3.05) is 19.8 Å². The third-order valence-corrected chi connectivity index (χ3v) is 11.6. The van der Waals surface area contributed by atoms with Crippen LogP contribution in [0.25, 0.3) is 0 Å². The number of carbonyl (C=O) groups excluding carboxylic acids is 1. The molecule has 0 aliphatic heterocycles. The molecule has 0 aliphatic carbocycles. The number of phosphoric ester groups is 1. The van der Waals surface area contributed by atoms with Crippen molar-refractivity contribution in [2.45, 2.75) is 244 Å². The highest BCUT2D eigenvalue weighted by Gasteiger charge is 2.27. The summed E-state index contributed by atoms with van der Waals surface area (Å²) in [5.41, 5.74) is 5.36. The van der Waals surface area contributed by atoms with Crippen molar-refractivity contribution >= 4 is 13.7 Å². The molecule has 4 atom stereocenters. The summed E-state index contributed by atoms with van der Waals surface area (Å²) in [5.74, 6) is -0.449. The maximum Gasteiger partial charge on any atom is 0.472 e. The van der Waals surface area contributed by atoms with Gasteiger partial charge < -0.3 is 26.2 Å². The lowest BCUT2D eigenvalue weighted by Gasteiger charge is -2.24. The van der Waals surface area contributed by atoms with Crippen LogP contribution in [0.1, 0.15) is 226 Å². The lowest BCUT2D eigenvalue weighted by Crippen LogP contribution is -2.46. The van der Waals surface area contributed by atoms with Gasteiger partial charge in [-0.05, 0) is 44.9 Å². The standard InChI is InChI=1S/C46H91N2O7P/c1-3-5-7-9-11-13-15-17-18-19-20-21-22-23-24-26-27-29-31-33-35-37-43(49)41-46(51)48-44(42-55-56(52,53)54-40-39-47)45(50)38-36-34-32-30-28-25-16-14-12-10-8-6-4-2/h23-24,36,38,43-45,49-50H,3-22,25-35,37,39-42,47H2,1-2H3,(H,48,51)(H,52,53)/b24-23-,38-36+. The molecule has 0 aromatic carbocycles. The second-order valence-corrected chi connectivity index (χ2v) is 17.6. The summed E-state index contributed by atoms with van der Waals surface area (Å²) in [7, 11) is -4.40. The van der Waals surface area contributed by atoms with Crippen LogP contribution in [0, 0.1) is 0 Å². The normalized spacial score (nSPS) is 14.8. The molecule has 9 nitrogen and oxygen atoms in total. The Labute approximate surface area is 345 Å². The van der Waals surface area contributed by atoms with Gasteiger partial charge in [-0.3, -0.25) is 13.8 Å². The van der Waals surface area contributed by atoms with Crippen LogP contribution in [0.3, 0.4) is 0 Å².